The largest absolute Gasteiger partial charge is 0.393 e. The van der Waals surface area contributed by atoms with Crippen LogP contribution in [0.1, 0.15) is 0 Å². The number of nitrogens with one attached hydrogen (secondary N) is 2. The van der Waals surface area contributed by atoms with Crippen molar-refractivity contribution in [1.82, 2.24) is 9.97 Å². The zero-order chi connectivity index (χ0) is 11.4. The summed E-state index contributed by atoms with van der Waals surface area (Å²) in [4.78, 5) is 7.73. The van der Waals surface area contributed by atoms with Crippen LogP contribution in [0.5, 0.6) is 0 Å². The summed E-state index contributed by atoms with van der Waals surface area (Å²) < 4.78 is 0. The number of benzene rings is 1. The first-order valence-electron chi connectivity index (χ1n) is 4.70. The SMILES string of the molecule is Nc1ncnc(NNc2ccccc2)c1N. The number of aromatic nitrogens is 2. The molecule has 0 radical (unpaired) electrons. The number of nitrogens with zero attached hydrogens (tertiary/aromatic N) is 2. The number of anilines is 4. The van der Waals surface area contributed by atoms with Gasteiger partial charge in [-0.3, -0.25) is 10.9 Å². The Labute approximate surface area is 92.7 Å². The van der Waals surface area contributed by atoms with Gasteiger partial charge < -0.3 is 11.5 Å². The van der Waals surface area contributed by atoms with Crippen LogP contribution in [-0.2, 0) is 0 Å². The third-order valence-electron chi connectivity index (χ3n) is 2.01. The first-order valence-corrected chi connectivity index (χ1v) is 4.70. The van der Waals surface area contributed by atoms with E-state index >= 15 is 0 Å². The minimum atomic E-state index is 0.257. The summed E-state index contributed by atoms with van der Waals surface area (Å²) in [5.41, 5.74) is 18.3. The molecule has 0 unspecified atom stereocenters. The van der Waals surface area contributed by atoms with Crippen LogP contribution >= 0.6 is 0 Å². The second kappa shape index (κ2) is 4.35. The monoisotopic (exact) mass is 216 g/mol. The standard InChI is InChI=1S/C10H12N6/c11-8-9(12)13-6-14-10(8)16-15-7-4-2-1-3-5-7/h1-6,15H,11H2,(H3,12,13,14,16). The van der Waals surface area contributed by atoms with Crippen LogP contribution in [0.4, 0.5) is 23.0 Å². The van der Waals surface area contributed by atoms with Gasteiger partial charge in [-0.05, 0) is 12.1 Å². The lowest BCUT2D eigenvalue weighted by molar-refractivity contribution is 1.16. The number of hydrazine groups is 1. The maximum atomic E-state index is 5.69. The van der Waals surface area contributed by atoms with Crippen LogP contribution in [0, 0.1) is 0 Å². The van der Waals surface area contributed by atoms with Gasteiger partial charge in [-0.25, -0.2) is 9.97 Å². The maximum absolute atomic E-state index is 5.69. The fraction of sp³-hybridized carbons (Fsp3) is 0. The Morgan fingerprint density at radius 3 is 2.44 bits per heavy atom. The van der Waals surface area contributed by atoms with Crippen molar-refractivity contribution in [1.29, 1.82) is 0 Å². The van der Waals surface area contributed by atoms with Crippen LogP contribution in [0.25, 0.3) is 0 Å². The van der Waals surface area contributed by atoms with Crippen LogP contribution in [0.2, 0.25) is 0 Å². The van der Waals surface area contributed by atoms with Crippen molar-refractivity contribution in [2.75, 3.05) is 22.3 Å². The van der Waals surface area contributed by atoms with Gasteiger partial charge in [0.2, 0.25) is 0 Å². The van der Waals surface area contributed by atoms with Gasteiger partial charge >= 0.3 is 0 Å². The topological polar surface area (TPSA) is 102 Å². The lowest BCUT2D eigenvalue weighted by Gasteiger charge is -2.10. The minimum absolute atomic E-state index is 0.257. The van der Waals surface area contributed by atoms with E-state index in [1.807, 2.05) is 30.3 Å². The second-order valence-electron chi connectivity index (χ2n) is 3.14. The quantitative estimate of drug-likeness (QED) is 0.573. The van der Waals surface area contributed by atoms with Crippen molar-refractivity contribution in [2.24, 2.45) is 0 Å². The molecular weight excluding hydrogens is 204 g/mol. The predicted octanol–water partition coefficient (Wildman–Crippen LogP) is 1.08. The van der Waals surface area contributed by atoms with Crippen molar-refractivity contribution in [2.45, 2.75) is 0 Å². The number of hydrogen-bond donors (Lipinski definition) is 4. The number of para-hydroxylation sites is 1. The average Bonchev–Trinajstić information content (AvgIpc) is 2.32. The Morgan fingerprint density at radius 1 is 0.938 bits per heavy atom. The Morgan fingerprint density at radius 2 is 1.69 bits per heavy atom. The lowest BCUT2D eigenvalue weighted by atomic mass is 10.3. The molecule has 0 saturated heterocycles. The fourth-order valence-electron chi connectivity index (χ4n) is 1.16. The highest BCUT2D eigenvalue weighted by Crippen LogP contribution is 2.19. The minimum Gasteiger partial charge on any atom is -0.393 e. The van der Waals surface area contributed by atoms with Crippen LogP contribution in [0.15, 0.2) is 36.7 Å². The Kier molecular flexibility index (Phi) is 2.73. The van der Waals surface area contributed by atoms with Crippen molar-refractivity contribution in [3.8, 4) is 0 Å². The van der Waals surface area contributed by atoms with Gasteiger partial charge in [0.15, 0.2) is 11.6 Å². The zero-order valence-corrected chi connectivity index (χ0v) is 8.51. The number of rotatable bonds is 3. The average molecular weight is 216 g/mol. The molecular formula is C10H12N6. The molecule has 0 fully saturated rings. The van der Waals surface area contributed by atoms with Gasteiger partial charge in [0.1, 0.15) is 12.0 Å². The Balaban J connectivity index is 2.08. The molecule has 0 aliphatic rings. The molecule has 6 nitrogen and oxygen atoms in total. The number of nitrogen functional groups attached to an aromatic ring is 2. The summed E-state index contributed by atoms with van der Waals surface area (Å²) in [6, 6.07) is 9.59. The van der Waals surface area contributed by atoms with E-state index in [1.54, 1.807) is 0 Å². The molecule has 2 rings (SSSR count). The van der Waals surface area contributed by atoms with Crippen molar-refractivity contribution in [3.63, 3.8) is 0 Å². The van der Waals surface area contributed by atoms with Crippen molar-refractivity contribution >= 4 is 23.0 Å². The summed E-state index contributed by atoms with van der Waals surface area (Å²) in [5.74, 6) is 0.712. The molecule has 1 aromatic heterocycles. The molecule has 0 bridgehead atoms. The molecule has 1 aromatic carbocycles. The van der Waals surface area contributed by atoms with Crippen molar-refractivity contribution in [3.05, 3.63) is 36.7 Å². The molecule has 0 spiro atoms. The summed E-state index contributed by atoms with van der Waals surface area (Å²) >= 11 is 0. The van der Waals surface area contributed by atoms with E-state index in [9.17, 15) is 0 Å². The van der Waals surface area contributed by atoms with Gasteiger partial charge in [0.05, 0.1) is 5.69 Å². The summed E-state index contributed by atoms with van der Waals surface area (Å²) in [5, 5.41) is 0. The molecule has 82 valence electrons. The van der Waals surface area contributed by atoms with E-state index in [2.05, 4.69) is 20.8 Å². The molecule has 1 heterocycles. The predicted molar refractivity (Wildman–Crippen MR) is 64.5 cm³/mol. The van der Waals surface area contributed by atoms with Crippen LogP contribution in [-0.4, -0.2) is 9.97 Å². The third-order valence-corrected chi connectivity index (χ3v) is 2.01. The van der Waals surface area contributed by atoms with Gasteiger partial charge in [-0.15, -0.1) is 0 Å². The van der Waals surface area contributed by atoms with Gasteiger partial charge in [0.25, 0.3) is 0 Å². The lowest BCUT2D eigenvalue weighted by Crippen LogP contribution is -2.13. The second-order valence-corrected chi connectivity index (χ2v) is 3.14. The highest BCUT2D eigenvalue weighted by atomic mass is 15.4. The normalized spacial score (nSPS) is 9.75. The van der Waals surface area contributed by atoms with E-state index in [0.29, 0.717) is 11.5 Å². The van der Waals surface area contributed by atoms with Crippen LogP contribution < -0.4 is 22.3 Å². The molecule has 6 heteroatoms. The smallest absolute Gasteiger partial charge is 0.173 e. The third kappa shape index (κ3) is 2.11. The molecule has 2 aromatic rings. The summed E-state index contributed by atoms with van der Waals surface area (Å²) in [7, 11) is 0. The fourth-order valence-corrected chi connectivity index (χ4v) is 1.16. The molecule has 0 aliphatic carbocycles. The summed E-state index contributed by atoms with van der Waals surface area (Å²) in [6.07, 6.45) is 1.35. The van der Waals surface area contributed by atoms with Gasteiger partial charge in [0, 0.05) is 0 Å². The number of nitrogens with two attached hydrogens (primary N) is 2. The van der Waals surface area contributed by atoms with Gasteiger partial charge in [-0.1, -0.05) is 18.2 Å². The highest BCUT2D eigenvalue weighted by Gasteiger charge is 2.03. The Bertz CT molecular complexity index is 470. The Hall–Kier alpha value is -2.50. The number of hydrogen-bond acceptors (Lipinski definition) is 6. The highest BCUT2D eigenvalue weighted by molar-refractivity contribution is 5.73. The first kappa shape index (κ1) is 10.0. The van der Waals surface area contributed by atoms with E-state index in [-0.39, 0.29) is 5.82 Å². The van der Waals surface area contributed by atoms with Crippen LogP contribution in [0.3, 0.4) is 0 Å². The molecule has 6 N–H and O–H groups in total. The van der Waals surface area contributed by atoms with E-state index < -0.39 is 0 Å². The van der Waals surface area contributed by atoms with Crippen molar-refractivity contribution < 1.29 is 0 Å². The van der Waals surface area contributed by atoms with E-state index in [4.69, 9.17) is 11.5 Å². The molecule has 0 atom stereocenters. The zero-order valence-electron chi connectivity index (χ0n) is 8.51. The molecule has 0 aliphatic heterocycles. The molecule has 0 amide bonds. The first-order chi connectivity index (χ1) is 7.77. The maximum Gasteiger partial charge on any atom is 0.173 e. The summed E-state index contributed by atoms with van der Waals surface area (Å²) in [6.45, 7) is 0. The molecule has 16 heavy (non-hydrogen) atoms. The van der Waals surface area contributed by atoms with Gasteiger partial charge in [-0.2, -0.15) is 0 Å². The van der Waals surface area contributed by atoms with E-state index in [0.717, 1.165) is 5.69 Å². The van der Waals surface area contributed by atoms with E-state index in [1.165, 1.54) is 6.33 Å². The molecule has 0 saturated carbocycles.